The predicted octanol–water partition coefficient (Wildman–Crippen LogP) is 3.92. The van der Waals surface area contributed by atoms with E-state index < -0.39 is 0 Å². The van der Waals surface area contributed by atoms with Crippen LogP contribution in [0.1, 0.15) is 12.0 Å². The maximum absolute atomic E-state index is 12.0. The summed E-state index contributed by atoms with van der Waals surface area (Å²) >= 11 is 11.8. The molecule has 144 valence electrons. The number of ether oxygens (including phenoxy) is 2. The van der Waals surface area contributed by atoms with Crippen LogP contribution in [0.2, 0.25) is 10.0 Å². The van der Waals surface area contributed by atoms with E-state index in [1.807, 2.05) is 12.1 Å². The van der Waals surface area contributed by atoms with Gasteiger partial charge in [-0.3, -0.25) is 4.79 Å². The third-order valence-corrected chi connectivity index (χ3v) is 5.03. The minimum Gasteiger partial charge on any atom is -0.493 e. The summed E-state index contributed by atoms with van der Waals surface area (Å²) in [5.74, 6) is 0.531. The number of benzene rings is 2. The fourth-order valence-electron chi connectivity index (χ4n) is 2.76. The van der Waals surface area contributed by atoms with Gasteiger partial charge in [0, 0.05) is 31.4 Å². The van der Waals surface area contributed by atoms with Gasteiger partial charge in [-0.05, 0) is 29.8 Å². The van der Waals surface area contributed by atoms with Crippen molar-refractivity contribution >= 4 is 34.8 Å². The van der Waals surface area contributed by atoms with Crippen LogP contribution in [0.5, 0.6) is 5.75 Å². The van der Waals surface area contributed by atoms with Gasteiger partial charge >= 0.3 is 0 Å². The molecule has 1 aliphatic rings. The number of nitrogens with zero attached hydrogens (tertiary/aromatic N) is 1. The summed E-state index contributed by atoms with van der Waals surface area (Å²) in [7, 11) is 0. The maximum atomic E-state index is 12.0. The lowest BCUT2D eigenvalue weighted by atomic mass is 10.2. The van der Waals surface area contributed by atoms with Gasteiger partial charge < -0.3 is 19.7 Å². The largest absolute Gasteiger partial charge is 0.493 e. The predicted molar refractivity (Wildman–Crippen MR) is 108 cm³/mol. The smallest absolute Gasteiger partial charge is 0.223 e. The summed E-state index contributed by atoms with van der Waals surface area (Å²) < 4.78 is 10.9. The van der Waals surface area contributed by atoms with Crippen molar-refractivity contribution in [2.75, 3.05) is 37.8 Å². The monoisotopic (exact) mass is 408 g/mol. The molecule has 1 saturated heterocycles. The second-order valence-corrected chi connectivity index (χ2v) is 7.03. The Labute approximate surface area is 169 Å². The van der Waals surface area contributed by atoms with Gasteiger partial charge in [0.15, 0.2) is 0 Å². The topological polar surface area (TPSA) is 50.8 Å². The van der Waals surface area contributed by atoms with E-state index in [0.717, 1.165) is 31.9 Å². The molecule has 0 aromatic heterocycles. The Kier molecular flexibility index (Phi) is 7.21. The highest BCUT2D eigenvalue weighted by atomic mass is 35.5. The molecule has 0 spiro atoms. The number of anilines is 1. The van der Waals surface area contributed by atoms with Gasteiger partial charge in [0.25, 0.3) is 0 Å². The summed E-state index contributed by atoms with van der Waals surface area (Å²) in [4.78, 5) is 14.3. The van der Waals surface area contributed by atoms with Crippen molar-refractivity contribution in [3.05, 3.63) is 58.1 Å². The van der Waals surface area contributed by atoms with Crippen LogP contribution in [0.25, 0.3) is 0 Å². The summed E-state index contributed by atoms with van der Waals surface area (Å²) in [5, 5.41) is 3.81. The van der Waals surface area contributed by atoms with Crippen LogP contribution in [-0.4, -0.2) is 38.8 Å². The van der Waals surface area contributed by atoms with E-state index in [9.17, 15) is 4.79 Å². The van der Waals surface area contributed by atoms with Gasteiger partial charge in [0.1, 0.15) is 5.75 Å². The Morgan fingerprint density at radius 3 is 2.52 bits per heavy atom. The minimum absolute atomic E-state index is 0.0627. The summed E-state index contributed by atoms with van der Waals surface area (Å²) in [5.41, 5.74) is 2.24. The molecule has 1 amide bonds. The fraction of sp³-hybridized carbons (Fsp3) is 0.350. The first kappa shape index (κ1) is 19.8. The number of morpholine rings is 1. The molecule has 3 rings (SSSR count). The molecular formula is C20H22Cl2N2O3. The van der Waals surface area contributed by atoms with Gasteiger partial charge in [-0.15, -0.1) is 0 Å². The molecule has 0 unspecified atom stereocenters. The molecule has 5 nitrogen and oxygen atoms in total. The van der Waals surface area contributed by atoms with Crippen molar-refractivity contribution in [2.45, 2.75) is 13.0 Å². The number of carbonyl (C=O) groups is 1. The molecule has 1 aliphatic heterocycles. The van der Waals surface area contributed by atoms with Gasteiger partial charge in [0.05, 0.1) is 36.3 Å². The summed E-state index contributed by atoms with van der Waals surface area (Å²) in [6, 6.07) is 13.3. The van der Waals surface area contributed by atoms with E-state index in [0.29, 0.717) is 22.3 Å². The van der Waals surface area contributed by atoms with Gasteiger partial charge in [0.2, 0.25) is 5.91 Å². The van der Waals surface area contributed by atoms with E-state index >= 15 is 0 Å². The molecule has 0 radical (unpaired) electrons. The SMILES string of the molecule is O=C(CCOc1ccc(Cl)c(Cl)c1)NCc1ccc(N2CCOCC2)cc1. The van der Waals surface area contributed by atoms with Gasteiger partial charge in [-0.2, -0.15) is 0 Å². The third kappa shape index (κ3) is 6.03. The molecule has 2 aromatic rings. The Morgan fingerprint density at radius 1 is 1.07 bits per heavy atom. The van der Waals surface area contributed by atoms with Crippen LogP contribution in [0.15, 0.2) is 42.5 Å². The Bertz CT molecular complexity index is 762. The summed E-state index contributed by atoms with van der Waals surface area (Å²) in [6.07, 6.45) is 0.270. The maximum Gasteiger partial charge on any atom is 0.223 e. The van der Waals surface area contributed by atoms with E-state index in [2.05, 4.69) is 22.3 Å². The fourth-order valence-corrected chi connectivity index (χ4v) is 3.05. The molecule has 1 N–H and O–H groups in total. The molecule has 7 heteroatoms. The number of rotatable bonds is 7. The molecule has 0 saturated carbocycles. The number of amides is 1. The Morgan fingerprint density at radius 2 is 1.81 bits per heavy atom. The first-order valence-corrected chi connectivity index (χ1v) is 9.63. The molecule has 2 aromatic carbocycles. The van der Waals surface area contributed by atoms with Crippen LogP contribution < -0.4 is 15.0 Å². The zero-order valence-electron chi connectivity index (χ0n) is 14.9. The lowest BCUT2D eigenvalue weighted by Crippen LogP contribution is -2.36. The molecule has 0 bridgehead atoms. The average molecular weight is 409 g/mol. The number of carbonyl (C=O) groups excluding carboxylic acids is 1. The first-order valence-electron chi connectivity index (χ1n) is 8.88. The van der Waals surface area contributed by atoms with Gasteiger partial charge in [-0.25, -0.2) is 0 Å². The van der Waals surface area contributed by atoms with Gasteiger partial charge in [-0.1, -0.05) is 35.3 Å². The number of hydrogen-bond donors (Lipinski definition) is 1. The van der Waals surface area contributed by atoms with Crippen LogP contribution in [0.3, 0.4) is 0 Å². The van der Waals surface area contributed by atoms with Crippen molar-refractivity contribution < 1.29 is 14.3 Å². The molecule has 27 heavy (non-hydrogen) atoms. The number of halogens is 2. The van der Waals surface area contributed by atoms with Crippen molar-refractivity contribution in [3.8, 4) is 5.75 Å². The lowest BCUT2D eigenvalue weighted by Gasteiger charge is -2.28. The first-order chi connectivity index (χ1) is 13.1. The average Bonchev–Trinajstić information content (AvgIpc) is 2.70. The minimum atomic E-state index is -0.0627. The highest BCUT2D eigenvalue weighted by molar-refractivity contribution is 6.42. The van der Waals surface area contributed by atoms with Crippen LogP contribution in [0.4, 0.5) is 5.69 Å². The van der Waals surface area contributed by atoms with E-state index in [1.165, 1.54) is 5.69 Å². The van der Waals surface area contributed by atoms with Crippen LogP contribution in [0, 0.1) is 0 Å². The van der Waals surface area contributed by atoms with Crippen LogP contribution in [-0.2, 0) is 16.1 Å². The quantitative estimate of drug-likeness (QED) is 0.754. The zero-order chi connectivity index (χ0) is 19.1. The zero-order valence-corrected chi connectivity index (χ0v) is 16.4. The standard InChI is InChI=1S/C20H22Cl2N2O3/c21-18-6-5-17(13-19(18)22)27-10-7-20(25)23-14-15-1-3-16(4-2-15)24-8-11-26-12-9-24/h1-6,13H,7-12,14H2,(H,23,25). The number of nitrogens with one attached hydrogen (secondary N) is 1. The van der Waals surface area contributed by atoms with Crippen molar-refractivity contribution in [1.82, 2.24) is 5.32 Å². The lowest BCUT2D eigenvalue weighted by molar-refractivity contribution is -0.121. The third-order valence-electron chi connectivity index (χ3n) is 4.29. The normalized spacial score (nSPS) is 14.1. The van der Waals surface area contributed by atoms with Crippen molar-refractivity contribution in [1.29, 1.82) is 0 Å². The van der Waals surface area contributed by atoms with E-state index in [1.54, 1.807) is 18.2 Å². The van der Waals surface area contributed by atoms with E-state index in [4.69, 9.17) is 32.7 Å². The highest BCUT2D eigenvalue weighted by Crippen LogP contribution is 2.26. The molecular weight excluding hydrogens is 387 g/mol. The van der Waals surface area contributed by atoms with Crippen molar-refractivity contribution in [2.24, 2.45) is 0 Å². The van der Waals surface area contributed by atoms with E-state index in [-0.39, 0.29) is 18.9 Å². The molecule has 1 heterocycles. The number of hydrogen-bond acceptors (Lipinski definition) is 4. The molecule has 1 fully saturated rings. The second kappa shape index (κ2) is 9.83. The Hall–Kier alpha value is -1.95. The highest BCUT2D eigenvalue weighted by Gasteiger charge is 2.11. The second-order valence-electron chi connectivity index (χ2n) is 6.22. The summed E-state index contributed by atoms with van der Waals surface area (Å²) in [6.45, 7) is 4.13. The molecule has 0 aliphatic carbocycles. The van der Waals surface area contributed by atoms with Crippen molar-refractivity contribution in [3.63, 3.8) is 0 Å². The van der Waals surface area contributed by atoms with Crippen LogP contribution >= 0.6 is 23.2 Å². The Balaban J connectivity index is 1.39. The molecule has 0 atom stereocenters.